The van der Waals surface area contributed by atoms with Gasteiger partial charge in [-0.25, -0.2) is 4.98 Å². The minimum absolute atomic E-state index is 0.103. The summed E-state index contributed by atoms with van der Waals surface area (Å²) in [5, 5.41) is 10.3. The Kier molecular flexibility index (Phi) is 4.25. The fourth-order valence-corrected chi connectivity index (χ4v) is 4.15. The number of aliphatic hydroxyl groups excluding tert-OH is 1. The zero-order valence-electron chi connectivity index (χ0n) is 14.6. The molecule has 4 rings (SSSR count). The van der Waals surface area contributed by atoms with Crippen molar-refractivity contribution in [2.24, 2.45) is 0 Å². The SMILES string of the molecule is Cc1nc2ccccc2n1CC(=O)N1CCC2(CC1)OCCC[C@@H]2O. The normalized spacial score (nSPS) is 23.3. The van der Waals surface area contributed by atoms with E-state index < -0.39 is 11.7 Å². The summed E-state index contributed by atoms with van der Waals surface area (Å²) in [7, 11) is 0. The summed E-state index contributed by atoms with van der Waals surface area (Å²) in [5.74, 6) is 0.959. The van der Waals surface area contributed by atoms with Crippen molar-refractivity contribution in [1.29, 1.82) is 0 Å². The molecule has 6 nitrogen and oxygen atoms in total. The number of carbonyl (C=O) groups excluding carboxylic acids is 1. The second-order valence-corrected chi connectivity index (χ2v) is 7.19. The Morgan fingerprint density at radius 1 is 1.36 bits per heavy atom. The van der Waals surface area contributed by atoms with Gasteiger partial charge in [0.2, 0.25) is 5.91 Å². The molecule has 0 bridgehead atoms. The molecule has 2 fully saturated rings. The van der Waals surface area contributed by atoms with Crippen LogP contribution in [0.2, 0.25) is 0 Å². The summed E-state index contributed by atoms with van der Waals surface area (Å²) in [6.45, 7) is 4.24. The number of aliphatic hydroxyl groups is 1. The molecule has 1 aromatic heterocycles. The van der Waals surface area contributed by atoms with Gasteiger partial charge in [-0.05, 0) is 44.7 Å². The van der Waals surface area contributed by atoms with Crippen LogP contribution < -0.4 is 0 Å². The first-order chi connectivity index (χ1) is 12.1. The summed E-state index contributed by atoms with van der Waals surface area (Å²) < 4.78 is 7.91. The molecule has 1 atom stereocenters. The van der Waals surface area contributed by atoms with Crippen LogP contribution in [0.5, 0.6) is 0 Å². The molecular weight excluding hydrogens is 318 g/mol. The van der Waals surface area contributed by atoms with Crippen LogP contribution in [-0.2, 0) is 16.1 Å². The van der Waals surface area contributed by atoms with E-state index in [0.717, 1.165) is 29.7 Å². The van der Waals surface area contributed by atoms with Gasteiger partial charge in [-0.1, -0.05) is 12.1 Å². The van der Waals surface area contributed by atoms with Gasteiger partial charge >= 0.3 is 0 Å². The van der Waals surface area contributed by atoms with Gasteiger partial charge < -0.3 is 19.3 Å². The number of benzene rings is 1. The van der Waals surface area contributed by atoms with E-state index in [4.69, 9.17) is 4.74 Å². The van der Waals surface area contributed by atoms with Crippen molar-refractivity contribution in [2.45, 2.75) is 50.9 Å². The van der Waals surface area contributed by atoms with Crippen molar-refractivity contribution < 1.29 is 14.6 Å². The third-order valence-electron chi connectivity index (χ3n) is 5.72. The van der Waals surface area contributed by atoms with Crippen LogP contribution in [0.3, 0.4) is 0 Å². The highest BCUT2D eigenvalue weighted by molar-refractivity contribution is 5.81. The first-order valence-electron chi connectivity index (χ1n) is 9.11. The van der Waals surface area contributed by atoms with Crippen molar-refractivity contribution in [2.75, 3.05) is 19.7 Å². The number of carbonyl (C=O) groups is 1. The molecule has 0 aliphatic carbocycles. The number of aryl methyl sites for hydroxylation is 1. The lowest BCUT2D eigenvalue weighted by Gasteiger charge is -2.46. The van der Waals surface area contributed by atoms with Gasteiger partial charge in [0.15, 0.2) is 0 Å². The molecule has 6 heteroatoms. The Morgan fingerprint density at radius 2 is 2.12 bits per heavy atom. The third-order valence-corrected chi connectivity index (χ3v) is 5.72. The number of aromatic nitrogens is 2. The number of hydrogen-bond donors (Lipinski definition) is 1. The van der Waals surface area contributed by atoms with Crippen LogP contribution in [0.4, 0.5) is 0 Å². The van der Waals surface area contributed by atoms with E-state index in [9.17, 15) is 9.90 Å². The predicted molar refractivity (Wildman–Crippen MR) is 94.2 cm³/mol. The Hall–Kier alpha value is -1.92. The highest BCUT2D eigenvalue weighted by Crippen LogP contribution is 2.35. The predicted octanol–water partition coefficient (Wildman–Crippen LogP) is 1.88. The quantitative estimate of drug-likeness (QED) is 0.904. The average Bonchev–Trinajstić information content (AvgIpc) is 2.94. The standard InChI is InChI=1S/C19H25N3O3/c1-14-20-15-5-2-3-6-16(15)22(14)13-18(24)21-10-8-19(9-11-21)17(23)7-4-12-25-19/h2-3,5-6,17,23H,4,7-13H2,1H3/t17-/m0/s1. The van der Waals surface area contributed by atoms with Crippen molar-refractivity contribution >= 4 is 16.9 Å². The maximum atomic E-state index is 12.8. The first-order valence-corrected chi connectivity index (χ1v) is 9.11. The number of ether oxygens (including phenoxy) is 1. The van der Waals surface area contributed by atoms with Crippen LogP contribution in [0, 0.1) is 6.92 Å². The maximum absolute atomic E-state index is 12.8. The number of nitrogens with zero attached hydrogens (tertiary/aromatic N) is 3. The highest BCUT2D eigenvalue weighted by atomic mass is 16.5. The largest absolute Gasteiger partial charge is 0.390 e. The van der Waals surface area contributed by atoms with E-state index in [2.05, 4.69) is 4.98 Å². The Balaban J connectivity index is 1.45. The fourth-order valence-electron chi connectivity index (χ4n) is 4.15. The van der Waals surface area contributed by atoms with Gasteiger partial charge in [0.05, 0.1) is 22.7 Å². The molecule has 134 valence electrons. The number of amides is 1. The Morgan fingerprint density at radius 3 is 2.88 bits per heavy atom. The first kappa shape index (κ1) is 16.5. The van der Waals surface area contributed by atoms with Gasteiger partial charge in [0.25, 0.3) is 0 Å². The number of imidazole rings is 1. The van der Waals surface area contributed by atoms with Crippen LogP contribution in [0.1, 0.15) is 31.5 Å². The monoisotopic (exact) mass is 343 g/mol. The fraction of sp³-hybridized carbons (Fsp3) is 0.579. The smallest absolute Gasteiger partial charge is 0.242 e. The van der Waals surface area contributed by atoms with Crippen LogP contribution in [-0.4, -0.2) is 56.9 Å². The van der Waals surface area contributed by atoms with Crippen LogP contribution >= 0.6 is 0 Å². The minimum atomic E-state index is -0.438. The van der Waals surface area contributed by atoms with Crippen LogP contribution in [0.25, 0.3) is 11.0 Å². The maximum Gasteiger partial charge on any atom is 0.242 e. The molecule has 2 aliphatic heterocycles. The average molecular weight is 343 g/mol. The molecule has 0 saturated carbocycles. The Labute approximate surface area is 147 Å². The molecule has 1 amide bonds. The minimum Gasteiger partial charge on any atom is -0.390 e. The molecule has 0 radical (unpaired) electrons. The molecular formula is C19H25N3O3. The third kappa shape index (κ3) is 2.93. The zero-order valence-corrected chi connectivity index (χ0v) is 14.6. The summed E-state index contributed by atoms with van der Waals surface area (Å²) >= 11 is 0. The number of likely N-dealkylation sites (tertiary alicyclic amines) is 1. The number of piperidine rings is 1. The van der Waals surface area contributed by atoms with E-state index in [0.29, 0.717) is 39.1 Å². The molecule has 1 aromatic carbocycles. The van der Waals surface area contributed by atoms with Gasteiger partial charge in [-0.2, -0.15) is 0 Å². The molecule has 25 heavy (non-hydrogen) atoms. The zero-order chi connectivity index (χ0) is 17.4. The molecule has 2 aromatic rings. The lowest BCUT2D eigenvalue weighted by Crippen LogP contribution is -2.56. The number of hydrogen-bond acceptors (Lipinski definition) is 4. The van der Waals surface area contributed by atoms with E-state index in [1.807, 2.05) is 40.7 Å². The van der Waals surface area contributed by atoms with Crippen LogP contribution in [0.15, 0.2) is 24.3 Å². The van der Waals surface area contributed by atoms with Crippen molar-refractivity contribution in [3.05, 3.63) is 30.1 Å². The highest BCUT2D eigenvalue weighted by Gasteiger charge is 2.44. The van der Waals surface area contributed by atoms with Gasteiger partial charge in [-0.15, -0.1) is 0 Å². The molecule has 2 aliphatic rings. The number of fused-ring (bicyclic) bond motifs is 1. The summed E-state index contributed by atoms with van der Waals surface area (Å²) in [6, 6.07) is 7.90. The number of para-hydroxylation sites is 2. The lowest BCUT2D eigenvalue weighted by molar-refractivity contribution is -0.179. The summed E-state index contributed by atoms with van der Waals surface area (Å²) in [6.07, 6.45) is 2.73. The van der Waals surface area contributed by atoms with Gasteiger partial charge in [0, 0.05) is 19.7 Å². The second-order valence-electron chi connectivity index (χ2n) is 7.19. The second kappa shape index (κ2) is 6.42. The number of rotatable bonds is 2. The Bertz CT molecular complexity index is 777. The molecule has 1 spiro atoms. The molecule has 3 heterocycles. The molecule has 0 unspecified atom stereocenters. The van der Waals surface area contributed by atoms with E-state index in [-0.39, 0.29) is 5.91 Å². The molecule has 2 saturated heterocycles. The van der Waals surface area contributed by atoms with Gasteiger partial charge in [-0.3, -0.25) is 4.79 Å². The van der Waals surface area contributed by atoms with Gasteiger partial charge in [0.1, 0.15) is 12.4 Å². The topological polar surface area (TPSA) is 67.6 Å². The van der Waals surface area contributed by atoms with Crippen molar-refractivity contribution in [3.8, 4) is 0 Å². The van der Waals surface area contributed by atoms with E-state index in [1.165, 1.54) is 0 Å². The lowest BCUT2D eigenvalue weighted by atomic mass is 9.82. The van der Waals surface area contributed by atoms with E-state index in [1.54, 1.807) is 0 Å². The summed E-state index contributed by atoms with van der Waals surface area (Å²) in [4.78, 5) is 19.2. The van der Waals surface area contributed by atoms with Crippen molar-refractivity contribution in [1.82, 2.24) is 14.5 Å². The van der Waals surface area contributed by atoms with E-state index >= 15 is 0 Å². The summed E-state index contributed by atoms with van der Waals surface area (Å²) in [5.41, 5.74) is 1.48. The van der Waals surface area contributed by atoms with Crippen molar-refractivity contribution in [3.63, 3.8) is 0 Å². The molecule has 1 N–H and O–H groups in total.